The lowest BCUT2D eigenvalue weighted by Gasteiger charge is -2.34. The monoisotopic (exact) mass is 299 g/mol. The maximum atomic E-state index is 12.6. The van der Waals surface area contributed by atoms with Crippen molar-refractivity contribution in [3.8, 4) is 0 Å². The van der Waals surface area contributed by atoms with Gasteiger partial charge in [0.1, 0.15) is 0 Å². The number of aromatic amines is 1. The van der Waals surface area contributed by atoms with Crippen LogP contribution in [0.2, 0.25) is 0 Å². The maximum Gasteiger partial charge on any atom is 0.227 e. The highest BCUT2D eigenvalue weighted by molar-refractivity contribution is 5.90. The Hall–Kier alpha value is -1.81. The van der Waals surface area contributed by atoms with Crippen molar-refractivity contribution in [2.24, 2.45) is 0 Å². The molecule has 4 nitrogen and oxygen atoms in total. The first-order valence-corrected chi connectivity index (χ1v) is 8.16. The fourth-order valence-electron chi connectivity index (χ4n) is 3.30. The van der Waals surface area contributed by atoms with Crippen LogP contribution in [0.3, 0.4) is 0 Å². The van der Waals surface area contributed by atoms with E-state index in [1.807, 2.05) is 4.90 Å². The first-order valence-electron chi connectivity index (χ1n) is 8.16. The minimum absolute atomic E-state index is 0.251. The number of nitrogens with zero attached hydrogens (tertiary/aromatic N) is 2. The minimum atomic E-state index is 0.251. The van der Waals surface area contributed by atoms with Crippen LogP contribution in [-0.2, 0) is 11.2 Å². The van der Waals surface area contributed by atoms with E-state index in [1.54, 1.807) is 0 Å². The zero-order valence-electron chi connectivity index (χ0n) is 13.8. The Morgan fingerprint density at radius 3 is 2.59 bits per heavy atom. The van der Waals surface area contributed by atoms with Crippen LogP contribution in [-0.4, -0.2) is 53.4 Å². The lowest BCUT2D eigenvalue weighted by atomic mass is 10.0. The number of benzene rings is 1. The third-order valence-electron chi connectivity index (χ3n) is 4.78. The number of carbonyl (C=O) groups is 1. The molecule has 1 aromatic carbocycles. The van der Waals surface area contributed by atoms with Gasteiger partial charge in [-0.2, -0.15) is 0 Å². The lowest BCUT2D eigenvalue weighted by molar-refractivity contribution is -0.132. The molecule has 0 unspecified atom stereocenters. The van der Waals surface area contributed by atoms with Gasteiger partial charge in [0.25, 0.3) is 0 Å². The summed E-state index contributed by atoms with van der Waals surface area (Å²) in [6.07, 6.45) is 0.501. The summed E-state index contributed by atoms with van der Waals surface area (Å²) in [4.78, 5) is 20.4. The Balaban J connectivity index is 1.77. The fourth-order valence-corrected chi connectivity index (χ4v) is 3.30. The number of aromatic nitrogens is 1. The standard InChI is InChI=1S/C18H25N3O/c1-4-20-7-9-21(10-8-20)18(22)12-15-14(3)19-17-6-5-13(2)11-16(15)17/h5-6,11,19H,4,7-10,12H2,1-3H3. The SMILES string of the molecule is CCN1CCN(C(=O)Cc2c(C)[nH]c3ccc(C)cc23)CC1. The highest BCUT2D eigenvalue weighted by Gasteiger charge is 2.22. The molecule has 1 N–H and O–H groups in total. The molecule has 22 heavy (non-hydrogen) atoms. The molecule has 1 saturated heterocycles. The zero-order chi connectivity index (χ0) is 15.7. The second-order valence-corrected chi connectivity index (χ2v) is 6.27. The number of fused-ring (bicyclic) bond motifs is 1. The molecule has 0 saturated carbocycles. The third kappa shape index (κ3) is 2.88. The van der Waals surface area contributed by atoms with E-state index in [0.29, 0.717) is 6.42 Å². The fraction of sp³-hybridized carbons (Fsp3) is 0.500. The summed E-state index contributed by atoms with van der Waals surface area (Å²) in [7, 11) is 0. The third-order valence-corrected chi connectivity index (χ3v) is 4.78. The van der Waals surface area contributed by atoms with Crippen LogP contribution in [0.25, 0.3) is 10.9 Å². The summed E-state index contributed by atoms with van der Waals surface area (Å²) in [5.41, 5.74) is 4.63. The summed E-state index contributed by atoms with van der Waals surface area (Å²) in [6, 6.07) is 6.38. The molecule has 1 aliphatic heterocycles. The number of nitrogens with one attached hydrogen (secondary N) is 1. The van der Waals surface area contributed by atoms with Crippen molar-refractivity contribution < 1.29 is 4.79 Å². The van der Waals surface area contributed by atoms with Crippen molar-refractivity contribution in [3.63, 3.8) is 0 Å². The van der Waals surface area contributed by atoms with Crippen molar-refractivity contribution in [1.82, 2.24) is 14.8 Å². The van der Waals surface area contributed by atoms with Crippen LogP contribution >= 0.6 is 0 Å². The first-order chi connectivity index (χ1) is 10.6. The first kappa shape index (κ1) is 15.1. The Kier molecular flexibility index (Phi) is 4.21. The summed E-state index contributed by atoms with van der Waals surface area (Å²) in [5.74, 6) is 0.251. The predicted octanol–water partition coefficient (Wildman–Crippen LogP) is 2.49. The summed E-state index contributed by atoms with van der Waals surface area (Å²) in [6.45, 7) is 11.1. The number of carbonyl (C=O) groups excluding carboxylic acids is 1. The van der Waals surface area contributed by atoms with Crippen molar-refractivity contribution >= 4 is 16.8 Å². The molecule has 1 amide bonds. The molecule has 0 aliphatic carbocycles. The van der Waals surface area contributed by atoms with Gasteiger partial charge in [0.15, 0.2) is 0 Å². The molecular weight excluding hydrogens is 274 g/mol. The second kappa shape index (κ2) is 6.13. The normalized spacial score (nSPS) is 16.4. The Morgan fingerprint density at radius 2 is 1.91 bits per heavy atom. The highest BCUT2D eigenvalue weighted by Crippen LogP contribution is 2.24. The molecule has 1 aromatic heterocycles. The summed E-state index contributed by atoms with van der Waals surface area (Å²) in [5, 5.41) is 1.19. The van der Waals surface area contributed by atoms with Crippen molar-refractivity contribution in [3.05, 3.63) is 35.0 Å². The minimum Gasteiger partial charge on any atom is -0.358 e. The van der Waals surface area contributed by atoms with E-state index >= 15 is 0 Å². The van der Waals surface area contributed by atoms with E-state index in [1.165, 1.54) is 10.9 Å². The molecule has 3 rings (SSSR count). The molecule has 118 valence electrons. The molecule has 4 heteroatoms. The van der Waals surface area contributed by atoms with E-state index < -0.39 is 0 Å². The largest absolute Gasteiger partial charge is 0.358 e. The van der Waals surface area contributed by atoms with Gasteiger partial charge in [0.05, 0.1) is 6.42 Å². The molecule has 0 spiro atoms. The second-order valence-electron chi connectivity index (χ2n) is 6.27. The molecule has 2 heterocycles. The van der Waals surface area contributed by atoms with Crippen molar-refractivity contribution in [2.75, 3.05) is 32.7 Å². The summed E-state index contributed by atoms with van der Waals surface area (Å²) < 4.78 is 0. The van der Waals surface area contributed by atoms with Gasteiger partial charge < -0.3 is 14.8 Å². The van der Waals surface area contributed by atoms with E-state index in [2.05, 4.69) is 48.9 Å². The van der Waals surface area contributed by atoms with Gasteiger partial charge in [0, 0.05) is 42.8 Å². The number of likely N-dealkylation sites (N-methyl/N-ethyl adjacent to an activating group) is 1. The van der Waals surface area contributed by atoms with Gasteiger partial charge in [0.2, 0.25) is 5.91 Å². The van der Waals surface area contributed by atoms with Crippen molar-refractivity contribution in [1.29, 1.82) is 0 Å². The van der Waals surface area contributed by atoms with Crippen LogP contribution < -0.4 is 0 Å². The van der Waals surface area contributed by atoms with Gasteiger partial charge in [-0.05, 0) is 38.1 Å². The van der Waals surface area contributed by atoms with E-state index in [0.717, 1.165) is 49.5 Å². The van der Waals surface area contributed by atoms with Crippen LogP contribution in [0, 0.1) is 13.8 Å². The highest BCUT2D eigenvalue weighted by atomic mass is 16.2. The average Bonchev–Trinajstić information content (AvgIpc) is 2.83. The molecule has 0 radical (unpaired) electrons. The van der Waals surface area contributed by atoms with E-state index in [-0.39, 0.29) is 5.91 Å². The Bertz CT molecular complexity index is 681. The van der Waals surface area contributed by atoms with Gasteiger partial charge in [-0.25, -0.2) is 0 Å². The van der Waals surface area contributed by atoms with Gasteiger partial charge in [-0.15, -0.1) is 0 Å². The molecular formula is C18H25N3O. The average molecular weight is 299 g/mol. The number of hydrogen-bond donors (Lipinski definition) is 1. The molecule has 0 atom stereocenters. The van der Waals surface area contributed by atoms with Gasteiger partial charge >= 0.3 is 0 Å². The van der Waals surface area contributed by atoms with Crippen molar-refractivity contribution in [2.45, 2.75) is 27.2 Å². The van der Waals surface area contributed by atoms with Crippen LogP contribution in [0.4, 0.5) is 0 Å². The predicted molar refractivity (Wildman–Crippen MR) is 90.2 cm³/mol. The van der Waals surface area contributed by atoms with Crippen LogP contribution in [0.15, 0.2) is 18.2 Å². The molecule has 1 aliphatic rings. The number of piperazine rings is 1. The smallest absolute Gasteiger partial charge is 0.227 e. The Morgan fingerprint density at radius 1 is 1.18 bits per heavy atom. The summed E-state index contributed by atoms with van der Waals surface area (Å²) >= 11 is 0. The quantitative estimate of drug-likeness (QED) is 0.946. The van der Waals surface area contributed by atoms with E-state index in [9.17, 15) is 4.79 Å². The van der Waals surface area contributed by atoms with Crippen LogP contribution in [0.5, 0.6) is 0 Å². The van der Waals surface area contributed by atoms with Gasteiger partial charge in [-0.3, -0.25) is 4.79 Å². The number of amides is 1. The molecule has 1 fully saturated rings. The number of aryl methyl sites for hydroxylation is 2. The zero-order valence-corrected chi connectivity index (χ0v) is 13.8. The topological polar surface area (TPSA) is 39.3 Å². The van der Waals surface area contributed by atoms with Crippen LogP contribution in [0.1, 0.15) is 23.7 Å². The van der Waals surface area contributed by atoms with Gasteiger partial charge in [-0.1, -0.05) is 18.6 Å². The number of hydrogen-bond acceptors (Lipinski definition) is 2. The maximum absolute atomic E-state index is 12.6. The Labute approximate surface area is 132 Å². The number of rotatable bonds is 3. The number of H-pyrrole nitrogens is 1. The molecule has 2 aromatic rings. The molecule has 0 bridgehead atoms. The van der Waals surface area contributed by atoms with E-state index in [4.69, 9.17) is 0 Å². The lowest BCUT2D eigenvalue weighted by Crippen LogP contribution is -2.48.